The first-order valence-corrected chi connectivity index (χ1v) is 10.5. The van der Waals surface area contributed by atoms with Gasteiger partial charge in [-0.2, -0.15) is 0 Å². The molecule has 1 N–H and O–H groups in total. The molecule has 0 aliphatic carbocycles. The first-order chi connectivity index (χ1) is 15.1. The molecule has 6 nitrogen and oxygen atoms in total. The van der Waals surface area contributed by atoms with Crippen LogP contribution in [0.15, 0.2) is 59.0 Å². The number of aryl methyl sites for hydroxylation is 1. The molecule has 3 aromatic rings. The molecular formula is C25H28N2O4. The van der Waals surface area contributed by atoms with Crippen molar-refractivity contribution in [2.24, 2.45) is 0 Å². The van der Waals surface area contributed by atoms with Crippen molar-refractivity contribution in [3.63, 3.8) is 0 Å². The normalized spacial score (nSPS) is 10.9. The van der Waals surface area contributed by atoms with E-state index < -0.39 is 0 Å². The highest BCUT2D eigenvalue weighted by Crippen LogP contribution is 2.25. The summed E-state index contributed by atoms with van der Waals surface area (Å²) in [5, 5.41) is 3.30. The summed E-state index contributed by atoms with van der Waals surface area (Å²) in [5.74, 6) is 1.81. The molecule has 0 aliphatic heterocycles. The number of carbonyl (C=O) groups is 1. The van der Waals surface area contributed by atoms with Gasteiger partial charge >= 0.3 is 5.97 Å². The van der Waals surface area contributed by atoms with Crippen LogP contribution in [0.25, 0.3) is 17.5 Å². The summed E-state index contributed by atoms with van der Waals surface area (Å²) in [5.41, 5.74) is 3.63. The Morgan fingerprint density at radius 3 is 2.71 bits per heavy atom. The van der Waals surface area contributed by atoms with E-state index in [9.17, 15) is 4.79 Å². The van der Waals surface area contributed by atoms with Gasteiger partial charge in [-0.25, -0.2) is 9.78 Å². The standard InChI is InChI=1S/C25H28N2O4/c1-4-26-23-17-21(13-11-19(23)12-14-24(28)29-5-2)30-16-15-22-18(3)31-25(27-22)20-9-7-6-8-10-20/h6-14,17,26H,4-5,15-16H2,1-3H3. The average Bonchev–Trinajstić information content (AvgIpc) is 3.15. The van der Waals surface area contributed by atoms with Crippen molar-refractivity contribution in [2.75, 3.05) is 25.1 Å². The second-order valence-electron chi connectivity index (χ2n) is 6.85. The number of nitrogens with one attached hydrogen (secondary N) is 1. The zero-order chi connectivity index (χ0) is 22.1. The molecule has 1 heterocycles. The number of hydrogen-bond acceptors (Lipinski definition) is 6. The molecule has 0 amide bonds. The van der Waals surface area contributed by atoms with E-state index in [-0.39, 0.29) is 5.97 Å². The first kappa shape index (κ1) is 22.2. The smallest absolute Gasteiger partial charge is 0.330 e. The lowest BCUT2D eigenvalue weighted by atomic mass is 10.1. The fourth-order valence-corrected chi connectivity index (χ4v) is 3.09. The summed E-state index contributed by atoms with van der Waals surface area (Å²) >= 11 is 0. The molecule has 6 heteroatoms. The van der Waals surface area contributed by atoms with Crippen LogP contribution in [0.5, 0.6) is 5.75 Å². The van der Waals surface area contributed by atoms with Gasteiger partial charge in [-0.3, -0.25) is 0 Å². The summed E-state index contributed by atoms with van der Waals surface area (Å²) < 4.78 is 16.7. The summed E-state index contributed by atoms with van der Waals surface area (Å²) in [7, 11) is 0. The highest BCUT2D eigenvalue weighted by atomic mass is 16.5. The number of nitrogens with zero attached hydrogens (tertiary/aromatic N) is 1. The van der Waals surface area contributed by atoms with Gasteiger partial charge in [0.15, 0.2) is 0 Å². The molecule has 0 saturated heterocycles. The van der Waals surface area contributed by atoms with Crippen LogP contribution in [-0.2, 0) is 16.0 Å². The van der Waals surface area contributed by atoms with E-state index in [4.69, 9.17) is 13.9 Å². The summed E-state index contributed by atoms with van der Waals surface area (Å²) in [6, 6.07) is 15.6. The highest BCUT2D eigenvalue weighted by molar-refractivity contribution is 5.88. The first-order valence-electron chi connectivity index (χ1n) is 10.5. The van der Waals surface area contributed by atoms with Crippen molar-refractivity contribution in [2.45, 2.75) is 27.2 Å². The molecular weight excluding hydrogens is 392 g/mol. The van der Waals surface area contributed by atoms with Crippen LogP contribution >= 0.6 is 0 Å². The van der Waals surface area contributed by atoms with Crippen molar-refractivity contribution in [1.29, 1.82) is 0 Å². The second-order valence-corrected chi connectivity index (χ2v) is 6.85. The molecule has 0 spiro atoms. The molecule has 0 unspecified atom stereocenters. The Kier molecular flexibility index (Phi) is 7.87. The third-order valence-electron chi connectivity index (χ3n) is 4.60. The van der Waals surface area contributed by atoms with E-state index in [1.165, 1.54) is 6.08 Å². The molecule has 0 saturated carbocycles. The molecule has 0 bridgehead atoms. The van der Waals surface area contributed by atoms with Crippen LogP contribution in [0.2, 0.25) is 0 Å². The Hall–Kier alpha value is -3.54. The number of ether oxygens (including phenoxy) is 2. The predicted molar refractivity (Wildman–Crippen MR) is 122 cm³/mol. The van der Waals surface area contributed by atoms with Crippen molar-refractivity contribution in [3.05, 3.63) is 71.6 Å². The SMILES string of the molecule is CCNc1cc(OCCc2nc(-c3ccccc3)oc2C)ccc1C=CC(=O)OCC. The minimum absolute atomic E-state index is 0.355. The number of anilines is 1. The average molecular weight is 421 g/mol. The zero-order valence-corrected chi connectivity index (χ0v) is 18.2. The number of oxazole rings is 1. The minimum atomic E-state index is -0.358. The van der Waals surface area contributed by atoms with Gasteiger partial charge in [0.25, 0.3) is 0 Å². The molecule has 0 radical (unpaired) electrons. The number of rotatable bonds is 10. The van der Waals surface area contributed by atoms with Gasteiger partial charge in [-0.15, -0.1) is 0 Å². The number of aromatic nitrogens is 1. The van der Waals surface area contributed by atoms with E-state index in [0.29, 0.717) is 25.5 Å². The van der Waals surface area contributed by atoms with Crippen LogP contribution in [-0.4, -0.2) is 30.7 Å². The van der Waals surface area contributed by atoms with Crippen LogP contribution in [0.4, 0.5) is 5.69 Å². The van der Waals surface area contributed by atoms with Gasteiger partial charge in [-0.1, -0.05) is 18.2 Å². The van der Waals surface area contributed by atoms with Gasteiger partial charge in [0.05, 0.1) is 18.9 Å². The number of esters is 1. The lowest BCUT2D eigenvalue weighted by Gasteiger charge is -2.11. The maximum absolute atomic E-state index is 11.6. The number of benzene rings is 2. The molecule has 1 aromatic heterocycles. The van der Waals surface area contributed by atoms with Gasteiger partial charge in [-0.05, 0) is 56.7 Å². The number of hydrogen-bond donors (Lipinski definition) is 1. The molecule has 0 fully saturated rings. The zero-order valence-electron chi connectivity index (χ0n) is 18.2. The summed E-state index contributed by atoms with van der Waals surface area (Å²) in [6.45, 7) is 7.31. The van der Waals surface area contributed by atoms with E-state index in [1.54, 1.807) is 13.0 Å². The Bertz CT molecular complexity index is 1030. The Morgan fingerprint density at radius 1 is 1.16 bits per heavy atom. The van der Waals surface area contributed by atoms with Crippen molar-refractivity contribution >= 4 is 17.7 Å². The van der Waals surface area contributed by atoms with Gasteiger partial charge in [0.1, 0.15) is 11.5 Å². The Morgan fingerprint density at radius 2 is 1.97 bits per heavy atom. The van der Waals surface area contributed by atoms with Crippen molar-refractivity contribution in [3.8, 4) is 17.2 Å². The fraction of sp³-hybridized carbons (Fsp3) is 0.280. The van der Waals surface area contributed by atoms with Gasteiger partial charge < -0.3 is 19.2 Å². The topological polar surface area (TPSA) is 73.6 Å². The minimum Gasteiger partial charge on any atom is -0.493 e. The Labute approximate surface area is 182 Å². The largest absolute Gasteiger partial charge is 0.493 e. The van der Waals surface area contributed by atoms with E-state index in [2.05, 4.69) is 10.3 Å². The summed E-state index contributed by atoms with van der Waals surface area (Å²) in [4.78, 5) is 16.2. The monoisotopic (exact) mass is 420 g/mol. The number of carbonyl (C=O) groups excluding carboxylic acids is 1. The molecule has 2 aromatic carbocycles. The van der Waals surface area contributed by atoms with Gasteiger partial charge in [0.2, 0.25) is 5.89 Å². The molecule has 31 heavy (non-hydrogen) atoms. The molecule has 0 atom stereocenters. The van der Waals surface area contributed by atoms with Crippen molar-refractivity contribution < 1.29 is 18.7 Å². The van der Waals surface area contributed by atoms with Crippen LogP contribution in [0.1, 0.15) is 30.9 Å². The van der Waals surface area contributed by atoms with E-state index >= 15 is 0 Å². The lowest BCUT2D eigenvalue weighted by Crippen LogP contribution is -2.04. The predicted octanol–water partition coefficient (Wildman–Crippen LogP) is 5.28. The highest BCUT2D eigenvalue weighted by Gasteiger charge is 2.11. The summed E-state index contributed by atoms with van der Waals surface area (Å²) in [6.07, 6.45) is 3.81. The van der Waals surface area contributed by atoms with Gasteiger partial charge in [0, 0.05) is 36.4 Å². The molecule has 3 rings (SSSR count). The maximum atomic E-state index is 11.6. The van der Waals surface area contributed by atoms with Crippen molar-refractivity contribution in [1.82, 2.24) is 4.98 Å². The van der Waals surface area contributed by atoms with Crippen LogP contribution in [0.3, 0.4) is 0 Å². The maximum Gasteiger partial charge on any atom is 0.330 e. The molecule has 162 valence electrons. The lowest BCUT2D eigenvalue weighted by molar-refractivity contribution is -0.137. The van der Waals surface area contributed by atoms with Crippen LogP contribution in [0, 0.1) is 6.92 Å². The quantitative estimate of drug-likeness (QED) is 0.355. The third-order valence-corrected chi connectivity index (χ3v) is 4.60. The van der Waals surface area contributed by atoms with E-state index in [0.717, 1.165) is 40.6 Å². The third kappa shape index (κ3) is 6.22. The fourth-order valence-electron chi connectivity index (χ4n) is 3.09. The molecule has 0 aliphatic rings. The second kappa shape index (κ2) is 11.0. The van der Waals surface area contributed by atoms with Crippen LogP contribution < -0.4 is 10.1 Å². The Balaban J connectivity index is 1.63. The van der Waals surface area contributed by atoms with E-state index in [1.807, 2.05) is 62.4 Å².